The molecule has 1 saturated heterocycles. The zero-order chi connectivity index (χ0) is 35.6. The molecule has 14 heteroatoms. The van der Waals surface area contributed by atoms with Crippen molar-refractivity contribution in [2.75, 3.05) is 25.2 Å². The molecule has 2 unspecified atom stereocenters. The van der Waals surface area contributed by atoms with Crippen LogP contribution in [0, 0.1) is 5.41 Å². The van der Waals surface area contributed by atoms with E-state index in [1.54, 1.807) is 27.0 Å². The van der Waals surface area contributed by atoms with Crippen molar-refractivity contribution in [3.8, 4) is 11.3 Å². The summed E-state index contributed by atoms with van der Waals surface area (Å²) in [6.45, 7) is 5.40. The van der Waals surface area contributed by atoms with Crippen LogP contribution in [0.4, 0.5) is 9.59 Å². The largest absolute Gasteiger partial charge is 0.453 e. The van der Waals surface area contributed by atoms with E-state index in [1.165, 1.54) is 12.1 Å². The van der Waals surface area contributed by atoms with E-state index >= 15 is 0 Å². The maximum absolute atomic E-state index is 13.7. The predicted molar refractivity (Wildman–Crippen MR) is 184 cm³/mol. The summed E-state index contributed by atoms with van der Waals surface area (Å²) in [7, 11) is -2.07. The van der Waals surface area contributed by atoms with Gasteiger partial charge in [0.05, 0.1) is 36.5 Å². The molecular formula is C35H45N5O8S. The van der Waals surface area contributed by atoms with Gasteiger partial charge in [0, 0.05) is 24.8 Å². The fraction of sp³-hybridized carbons (Fsp3) is 0.429. The molecule has 1 aliphatic heterocycles. The first-order valence-electron chi connectivity index (χ1n) is 16.0. The van der Waals surface area contributed by atoms with Crippen molar-refractivity contribution in [3.05, 3.63) is 90.1 Å². The van der Waals surface area contributed by atoms with E-state index in [9.17, 15) is 27.9 Å². The Hall–Kier alpha value is -4.53. The molecule has 49 heavy (non-hydrogen) atoms. The summed E-state index contributed by atoms with van der Waals surface area (Å²) in [5, 5.41) is 18.5. The van der Waals surface area contributed by atoms with Crippen LogP contribution in [0.15, 0.2) is 79.0 Å². The normalized spacial score (nSPS) is 17.4. The number of aliphatic hydroxyl groups is 1. The number of aliphatic hydroxyl groups excluding tert-OH is 1. The number of carbonyl (C=O) groups excluding carboxylic acids is 3. The average Bonchev–Trinajstić information content (AvgIpc) is 3.40. The molecule has 0 spiro atoms. The molecule has 2 heterocycles. The van der Waals surface area contributed by atoms with Crippen LogP contribution in [0.5, 0.6) is 0 Å². The fourth-order valence-corrected chi connectivity index (χ4v) is 7.04. The lowest BCUT2D eigenvalue weighted by Crippen LogP contribution is -2.59. The van der Waals surface area contributed by atoms with Gasteiger partial charge >= 0.3 is 12.2 Å². The van der Waals surface area contributed by atoms with Gasteiger partial charge in [0.2, 0.25) is 0 Å². The maximum Gasteiger partial charge on any atom is 0.407 e. The second-order valence-corrected chi connectivity index (χ2v) is 15.4. The molecule has 1 fully saturated rings. The first-order chi connectivity index (χ1) is 23.2. The third-order valence-electron chi connectivity index (χ3n) is 8.07. The van der Waals surface area contributed by atoms with Crippen LogP contribution in [0.1, 0.15) is 38.3 Å². The molecular weight excluding hydrogens is 650 g/mol. The van der Waals surface area contributed by atoms with E-state index in [1.807, 2.05) is 72.8 Å². The molecule has 0 aliphatic carbocycles. The van der Waals surface area contributed by atoms with Crippen LogP contribution in [0.2, 0.25) is 0 Å². The minimum atomic E-state index is -3.28. The van der Waals surface area contributed by atoms with Gasteiger partial charge < -0.3 is 25.2 Å². The van der Waals surface area contributed by atoms with Crippen molar-refractivity contribution in [1.82, 2.24) is 26.1 Å². The van der Waals surface area contributed by atoms with Crippen LogP contribution in [-0.2, 0) is 37.1 Å². The number of aromatic nitrogens is 1. The number of methoxy groups -OCH3 is 1. The Morgan fingerprint density at radius 3 is 2.24 bits per heavy atom. The minimum Gasteiger partial charge on any atom is -0.453 e. The third-order valence-corrected chi connectivity index (χ3v) is 9.81. The standard InChI is InChI=1S/C35H45N5O8S/c1-35(2,3)31(38-33(43)47-4)32(42)39-40(21-25-13-15-26(16-14-25)28-12-8-9-18-36-28)22-30(41)29(20-24-10-6-5-7-11-24)37-34(44)48-27-17-19-49(45,46)23-27/h5-16,18,27,29-31,41H,17,19-23H2,1-4H3,(H,37,44)(H,38,43)(H,39,42)/t27?,29-,30-,31?/m0/s1. The summed E-state index contributed by atoms with van der Waals surface area (Å²) < 4.78 is 34.0. The Labute approximate surface area is 287 Å². The molecule has 1 aliphatic rings. The number of amides is 3. The van der Waals surface area contributed by atoms with Gasteiger partial charge in [-0.2, -0.15) is 0 Å². The Bertz CT molecular complexity index is 1650. The number of sulfone groups is 1. The van der Waals surface area contributed by atoms with Crippen molar-refractivity contribution >= 4 is 27.9 Å². The molecule has 1 aromatic heterocycles. The highest BCUT2D eigenvalue weighted by molar-refractivity contribution is 7.91. The van der Waals surface area contributed by atoms with E-state index in [0.29, 0.717) is 0 Å². The number of nitrogens with one attached hydrogen (secondary N) is 3. The van der Waals surface area contributed by atoms with Crippen LogP contribution < -0.4 is 16.1 Å². The summed E-state index contributed by atoms with van der Waals surface area (Å²) in [6.07, 6.45) is -1.51. The lowest BCUT2D eigenvalue weighted by molar-refractivity contribution is -0.131. The molecule has 0 saturated carbocycles. The van der Waals surface area contributed by atoms with Crippen molar-refractivity contribution in [3.63, 3.8) is 0 Å². The van der Waals surface area contributed by atoms with E-state index in [4.69, 9.17) is 9.47 Å². The number of hydrazine groups is 1. The smallest absolute Gasteiger partial charge is 0.407 e. The monoisotopic (exact) mass is 695 g/mol. The van der Waals surface area contributed by atoms with Gasteiger partial charge in [0.1, 0.15) is 12.1 Å². The van der Waals surface area contributed by atoms with Gasteiger partial charge in [-0.15, -0.1) is 0 Å². The highest BCUT2D eigenvalue weighted by Crippen LogP contribution is 2.21. The second kappa shape index (κ2) is 16.7. The van der Waals surface area contributed by atoms with Crippen molar-refractivity contribution < 1.29 is 37.4 Å². The molecule has 4 rings (SSSR count). The summed E-state index contributed by atoms with van der Waals surface area (Å²) in [6, 6.07) is 20.6. The Kier molecular flexibility index (Phi) is 12.7. The number of ether oxygens (including phenoxy) is 2. The van der Waals surface area contributed by atoms with E-state index in [2.05, 4.69) is 21.0 Å². The first kappa shape index (κ1) is 37.3. The number of pyridine rings is 1. The topological polar surface area (TPSA) is 176 Å². The maximum atomic E-state index is 13.7. The average molecular weight is 696 g/mol. The van der Waals surface area contributed by atoms with Gasteiger partial charge in [0.25, 0.3) is 5.91 Å². The number of hydrogen-bond acceptors (Lipinski definition) is 10. The highest BCUT2D eigenvalue weighted by atomic mass is 32.2. The third kappa shape index (κ3) is 11.5. The number of nitrogens with zero attached hydrogens (tertiary/aromatic N) is 2. The highest BCUT2D eigenvalue weighted by Gasteiger charge is 2.36. The summed E-state index contributed by atoms with van der Waals surface area (Å²) >= 11 is 0. The number of rotatable bonds is 13. The fourth-order valence-electron chi connectivity index (χ4n) is 5.45. The molecule has 13 nitrogen and oxygen atoms in total. The molecule has 0 radical (unpaired) electrons. The second-order valence-electron chi connectivity index (χ2n) is 13.1. The van der Waals surface area contributed by atoms with Gasteiger partial charge in [-0.1, -0.05) is 81.4 Å². The summed E-state index contributed by atoms with van der Waals surface area (Å²) in [5.41, 5.74) is 5.48. The molecule has 4 N–H and O–H groups in total. The lowest BCUT2D eigenvalue weighted by atomic mass is 9.86. The minimum absolute atomic E-state index is 0.0566. The van der Waals surface area contributed by atoms with Crippen molar-refractivity contribution in [2.24, 2.45) is 5.41 Å². The SMILES string of the molecule is COC(=O)NC(C(=O)NN(Cc1ccc(-c2ccccn2)cc1)C[C@H](O)[C@H](Cc1ccccc1)NC(=O)OC1CCS(=O)(=O)C1)C(C)(C)C. The molecule has 2 aromatic carbocycles. The lowest BCUT2D eigenvalue weighted by Gasteiger charge is -2.34. The molecule has 3 aromatic rings. The number of alkyl carbamates (subject to hydrolysis) is 2. The van der Waals surface area contributed by atoms with Crippen LogP contribution in [0.25, 0.3) is 11.3 Å². The van der Waals surface area contributed by atoms with E-state index < -0.39 is 57.6 Å². The van der Waals surface area contributed by atoms with Gasteiger partial charge in [-0.25, -0.2) is 23.0 Å². The number of benzene rings is 2. The Balaban J connectivity index is 1.57. The zero-order valence-electron chi connectivity index (χ0n) is 28.2. The van der Waals surface area contributed by atoms with E-state index in [-0.39, 0.29) is 37.4 Å². The van der Waals surface area contributed by atoms with Crippen molar-refractivity contribution in [2.45, 2.75) is 64.4 Å². The quantitative estimate of drug-likeness (QED) is 0.194. The summed E-state index contributed by atoms with van der Waals surface area (Å²) in [4.78, 5) is 43.2. The van der Waals surface area contributed by atoms with Gasteiger partial charge in [-0.3, -0.25) is 15.2 Å². The van der Waals surface area contributed by atoms with Crippen LogP contribution >= 0.6 is 0 Å². The number of carbonyl (C=O) groups is 3. The summed E-state index contributed by atoms with van der Waals surface area (Å²) in [5.74, 6) is -0.844. The van der Waals surface area contributed by atoms with Crippen molar-refractivity contribution in [1.29, 1.82) is 0 Å². The molecule has 264 valence electrons. The Morgan fingerprint density at radius 1 is 0.959 bits per heavy atom. The predicted octanol–water partition coefficient (Wildman–Crippen LogP) is 3.24. The Morgan fingerprint density at radius 2 is 1.65 bits per heavy atom. The zero-order valence-corrected chi connectivity index (χ0v) is 29.0. The number of hydrogen-bond donors (Lipinski definition) is 4. The molecule has 4 atom stereocenters. The van der Waals surface area contributed by atoms with Crippen LogP contribution in [-0.4, -0.2) is 91.1 Å². The van der Waals surface area contributed by atoms with E-state index in [0.717, 1.165) is 22.4 Å². The first-order valence-corrected chi connectivity index (χ1v) is 17.8. The molecule has 3 amide bonds. The molecule has 0 bridgehead atoms. The van der Waals surface area contributed by atoms with Gasteiger partial charge in [-0.05, 0) is 41.5 Å². The van der Waals surface area contributed by atoms with Crippen LogP contribution in [0.3, 0.4) is 0 Å². The van der Waals surface area contributed by atoms with Gasteiger partial charge in [0.15, 0.2) is 9.84 Å².